The van der Waals surface area contributed by atoms with Crippen LogP contribution in [0.2, 0.25) is 0 Å². The van der Waals surface area contributed by atoms with Gasteiger partial charge in [-0.25, -0.2) is 0 Å². The summed E-state index contributed by atoms with van der Waals surface area (Å²) in [5.74, 6) is 1.99. The Balaban J connectivity index is 2.78. The average Bonchev–Trinajstić information content (AvgIpc) is 2.34. The molecule has 56 valence electrons. The number of hydrogen-bond donors (Lipinski definition) is 2. The maximum Gasteiger partial charge on any atom is 0.241 e. The fraction of sp³-hybridized carbons (Fsp3) is 0.667. The predicted octanol–water partition coefficient (Wildman–Crippen LogP) is 0.970. The number of aromatic nitrogens is 3. The largest absolute Gasteiger partial charge is 0.356 e. The number of hydrogen-bond acceptors (Lipinski definition) is 3. The Bertz CT molecular complexity index is 203. The normalized spacial score (nSPS) is 10.4. The van der Waals surface area contributed by atoms with E-state index in [4.69, 9.17) is 0 Å². The molecule has 0 aliphatic heterocycles. The van der Waals surface area contributed by atoms with Crippen LogP contribution in [-0.2, 0) is 0 Å². The van der Waals surface area contributed by atoms with E-state index >= 15 is 0 Å². The fourth-order valence-electron chi connectivity index (χ4n) is 0.644. The Morgan fingerprint density at radius 2 is 2.20 bits per heavy atom. The average molecular weight is 140 g/mol. The van der Waals surface area contributed by atoms with Crippen molar-refractivity contribution in [1.29, 1.82) is 0 Å². The molecule has 10 heavy (non-hydrogen) atoms. The Morgan fingerprint density at radius 1 is 1.50 bits per heavy atom. The van der Waals surface area contributed by atoms with Gasteiger partial charge in [-0.2, -0.15) is 4.98 Å². The first-order chi connectivity index (χ1) is 4.74. The summed E-state index contributed by atoms with van der Waals surface area (Å²) < 4.78 is 0. The van der Waals surface area contributed by atoms with Crippen molar-refractivity contribution in [1.82, 2.24) is 15.2 Å². The maximum atomic E-state index is 4.15. The molecule has 0 spiro atoms. The molecule has 0 aliphatic carbocycles. The zero-order chi connectivity index (χ0) is 7.56. The predicted molar refractivity (Wildman–Crippen MR) is 40.0 cm³/mol. The van der Waals surface area contributed by atoms with E-state index in [-0.39, 0.29) is 0 Å². The molecule has 4 heteroatoms. The number of rotatable bonds is 2. The monoisotopic (exact) mass is 140 g/mol. The molecule has 4 nitrogen and oxygen atoms in total. The van der Waals surface area contributed by atoms with Crippen LogP contribution >= 0.6 is 0 Å². The quantitative estimate of drug-likeness (QED) is 0.643. The summed E-state index contributed by atoms with van der Waals surface area (Å²) in [6.07, 6.45) is 0. The van der Waals surface area contributed by atoms with Crippen molar-refractivity contribution in [3.8, 4) is 0 Å². The van der Waals surface area contributed by atoms with Gasteiger partial charge >= 0.3 is 0 Å². The number of anilines is 1. The van der Waals surface area contributed by atoms with Gasteiger partial charge in [-0.3, -0.25) is 5.10 Å². The lowest BCUT2D eigenvalue weighted by Gasteiger charge is -1.94. The molecule has 0 aliphatic rings. The third kappa shape index (κ3) is 1.26. The molecule has 0 bridgehead atoms. The molecular weight excluding hydrogens is 128 g/mol. The molecule has 2 N–H and O–H groups in total. The summed E-state index contributed by atoms with van der Waals surface area (Å²) in [6, 6.07) is 0. The van der Waals surface area contributed by atoms with E-state index in [1.54, 1.807) is 7.05 Å². The summed E-state index contributed by atoms with van der Waals surface area (Å²) in [5, 5.41) is 9.59. The summed E-state index contributed by atoms with van der Waals surface area (Å²) in [5.41, 5.74) is 0. The van der Waals surface area contributed by atoms with Crippen LogP contribution in [0.4, 0.5) is 5.95 Å². The molecule has 1 rings (SSSR count). The van der Waals surface area contributed by atoms with Gasteiger partial charge in [-0.15, -0.1) is 5.10 Å². The van der Waals surface area contributed by atoms with Gasteiger partial charge in [0.25, 0.3) is 0 Å². The molecular formula is C6H12N4. The maximum absolute atomic E-state index is 4.15. The first kappa shape index (κ1) is 7.05. The van der Waals surface area contributed by atoms with Crippen LogP contribution in [0.5, 0.6) is 0 Å². The van der Waals surface area contributed by atoms with Crippen molar-refractivity contribution in [3.05, 3.63) is 5.82 Å². The molecule has 0 saturated carbocycles. The van der Waals surface area contributed by atoms with Crippen LogP contribution in [0.15, 0.2) is 0 Å². The lowest BCUT2D eigenvalue weighted by atomic mass is 10.2. The van der Waals surface area contributed by atoms with Crippen molar-refractivity contribution >= 4 is 5.95 Å². The van der Waals surface area contributed by atoms with E-state index in [9.17, 15) is 0 Å². The molecule has 1 aromatic rings. The first-order valence-electron chi connectivity index (χ1n) is 3.34. The molecule has 0 amide bonds. The first-order valence-corrected chi connectivity index (χ1v) is 3.34. The molecule has 1 heterocycles. The summed E-state index contributed by atoms with van der Waals surface area (Å²) >= 11 is 0. The third-order valence-electron chi connectivity index (χ3n) is 1.27. The van der Waals surface area contributed by atoms with Gasteiger partial charge in [0.05, 0.1) is 0 Å². The van der Waals surface area contributed by atoms with Crippen LogP contribution in [0.3, 0.4) is 0 Å². The second-order valence-corrected chi connectivity index (χ2v) is 2.45. The standard InChI is InChI=1S/C6H12N4/c1-4(2)5-8-6(7-3)10-9-5/h4H,1-3H3,(H2,7,8,9,10). The van der Waals surface area contributed by atoms with Crippen LogP contribution < -0.4 is 5.32 Å². The summed E-state index contributed by atoms with van der Waals surface area (Å²) in [7, 11) is 1.80. The second kappa shape index (κ2) is 2.68. The minimum absolute atomic E-state index is 0.412. The highest BCUT2D eigenvalue weighted by molar-refractivity contribution is 5.21. The van der Waals surface area contributed by atoms with Crippen molar-refractivity contribution in [3.63, 3.8) is 0 Å². The lowest BCUT2D eigenvalue weighted by Crippen LogP contribution is -1.91. The van der Waals surface area contributed by atoms with E-state index in [1.807, 2.05) is 0 Å². The molecule has 0 aromatic carbocycles. The highest BCUT2D eigenvalue weighted by Crippen LogP contribution is 2.08. The molecule has 0 fully saturated rings. The van der Waals surface area contributed by atoms with E-state index in [0.717, 1.165) is 5.82 Å². The number of aromatic amines is 1. The van der Waals surface area contributed by atoms with E-state index in [1.165, 1.54) is 0 Å². The van der Waals surface area contributed by atoms with Gasteiger partial charge in [0.15, 0.2) is 0 Å². The smallest absolute Gasteiger partial charge is 0.241 e. The Morgan fingerprint density at radius 3 is 2.50 bits per heavy atom. The van der Waals surface area contributed by atoms with E-state index < -0.39 is 0 Å². The van der Waals surface area contributed by atoms with Gasteiger partial charge < -0.3 is 5.32 Å². The fourth-order valence-corrected chi connectivity index (χ4v) is 0.644. The minimum Gasteiger partial charge on any atom is -0.356 e. The topological polar surface area (TPSA) is 53.6 Å². The van der Waals surface area contributed by atoms with Crippen LogP contribution in [-0.4, -0.2) is 22.2 Å². The van der Waals surface area contributed by atoms with Crippen LogP contribution in [0.1, 0.15) is 25.6 Å². The highest BCUT2D eigenvalue weighted by Gasteiger charge is 2.03. The zero-order valence-corrected chi connectivity index (χ0v) is 6.47. The third-order valence-corrected chi connectivity index (χ3v) is 1.27. The Hall–Kier alpha value is -1.06. The zero-order valence-electron chi connectivity index (χ0n) is 6.47. The van der Waals surface area contributed by atoms with Crippen LogP contribution in [0.25, 0.3) is 0 Å². The van der Waals surface area contributed by atoms with Crippen molar-refractivity contribution < 1.29 is 0 Å². The van der Waals surface area contributed by atoms with Crippen LogP contribution in [0, 0.1) is 0 Å². The number of H-pyrrole nitrogens is 1. The molecule has 0 atom stereocenters. The van der Waals surface area contributed by atoms with Crippen molar-refractivity contribution in [2.24, 2.45) is 0 Å². The molecule has 0 radical (unpaired) electrons. The van der Waals surface area contributed by atoms with Gasteiger partial charge in [-0.05, 0) is 0 Å². The summed E-state index contributed by atoms with van der Waals surface area (Å²) in [6.45, 7) is 4.14. The minimum atomic E-state index is 0.412. The number of nitrogens with one attached hydrogen (secondary N) is 2. The van der Waals surface area contributed by atoms with Gasteiger partial charge in [-0.1, -0.05) is 13.8 Å². The number of nitrogens with zero attached hydrogens (tertiary/aromatic N) is 2. The summed E-state index contributed by atoms with van der Waals surface area (Å²) in [4.78, 5) is 4.15. The lowest BCUT2D eigenvalue weighted by molar-refractivity contribution is 0.781. The molecule has 1 aromatic heterocycles. The van der Waals surface area contributed by atoms with Crippen molar-refractivity contribution in [2.75, 3.05) is 12.4 Å². The van der Waals surface area contributed by atoms with E-state index in [0.29, 0.717) is 11.9 Å². The van der Waals surface area contributed by atoms with Gasteiger partial charge in [0.2, 0.25) is 5.95 Å². The van der Waals surface area contributed by atoms with Gasteiger partial charge in [0, 0.05) is 13.0 Å². The second-order valence-electron chi connectivity index (χ2n) is 2.45. The Kier molecular flexibility index (Phi) is 1.89. The van der Waals surface area contributed by atoms with Gasteiger partial charge in [0.1, 0.15) is 5.82 Å². The SMILES string of the molecule is CNc1n[nH]c(C(C)C)n1. The Labute approximate surface area is 60.1 Å². The molecule has 0 saturated heterocycles. The van der Waals surface area contributed by atoms with E-state index in [2.05, 4.69) is 34.3 Å². The molecule has 0 unspecified atom stereocenters. The van der Waals surface area contributed by atoms with Crippen molar-refractivity contribution in [2.45, 2.75) is 19.8 Å². The highest BCUT2D eigenvalue weighted by atomic mass is 15.3.